The fraction of sp³-hybridized carbons (Fsp3) is 0.333. The second-order valence-corrected chi connectivity index (χ2v) is 6.16. The second-order valence-electron chi connectivity index (χ2n) is 6.16. The summed E-state index contributed by atoms with van der Waals surface area (Å²) in [5.74, 6) is 0.167. The van der Waals surface area contributed by atoms with E-state index in [-0.39, 0.29) is 18.6 Å². The number of nitrogens with zero attached hydrogens (tertiary/aromatic N) is 3. The maximum absolute atomic E-state index is 13.1. The second kappa shape index (κ2) is 5.79. The van der Waals surface area contributed by atoms with E-state index in [0.29, 0.717) is 30.9 Å². The number of amides is 1. The number of furan rings is 1. The molecular formula is C18H19N3O3. The van der Waals surface area contributed by atoms with E-state index in [9.17, 15) is 9.90 Å². The molecule has 1 atom stereocenters. The fourth-order valence-electron chi connectivity index (χ4n) is 3.36. The molecule has 6 heteroatoms. The number of carbonyl (C=O) groups excluding carboxylic acids is 1. The van der Waals surface area contributed by atoms with Gasteiger partial charge in [0.1, 0.15) is 5.58 Å². The molecule has 0 saturated carbocycles. The predicted octanol–water partition coefficient (Wildman–Crippen LogP) is 2.34. The SMILES string of the molecule is Cc1c(C(=O)N2Cc3ccnn3CC[C@@H]2CO)oc2ccccc12. The zero-order valence-electron chi connectivity index (χ0n) is 13.5. The van der Waals surface area contributed by atoms with Crippen molar-refractivity contribution in [3.63, 3.8) is 0 Å². The van der Waals surface area contributed by atoms with Crippen LogP contribution < -0.4 is 0 Å². The Labute approximate surface area is 139 Å². The van der Waals surface area contributed by atoms with Gasteiger partial charge in [-0.3, -0.25) is 9.48 Å². The molecule has 0 fully saturated rings. The van der Waals surface area contributed by atoms with Crippen LogP contribution >= 0.6 is 0 Å². The molecule has 1 aliphatic heterocycles. The molecule has 0 aliphatic carbocycles. The van der Waals surface area contributed by atoms with Crippen LogP contribution in [-0.4, -0.2) is 38.3 Å². The zero-order chi connectivity index (χ0) is 16.7. The Hall–Kier alpha value is -2.60. The summed E-state index contributed by atoms with van der Waals surface area (Å²) in [6.45, 7) is 2.93. The van der Waals surface area contributed by atoms with Crippen molar-refractivity contribution in [2.24, 2.45) is 0 Å². The van der Waals surface area contributed by atoms with Crippen molar-refractivity contribution in [3.05, 3.63) is 53.5 Å². The third kappa shape index (κ3) is 2.30. The smallest absolute Gasteiger partial charge is 0.290 e. The zero-order valence-corrected chi connectivity index (χ0v) is 13.5. The molecule has 3 heterocycles. The summed E-state index contributed by atoms with van der Waals surface area (Å²) in [5, 5.41) is 15.0. The van der Waals surface area contributed by atoms with Crippen molar-refractivity contribution in [3.8, 4) is 0 Å². The largest absolute Gasteiger partial charge is 0.451 e. The molecule has 1 amide bonds. The first-order chi connectivity index (χ1) is 11.7. The van der Waals surface area contributed by atoms with E-state index in [1.165, 1.54) is 0 Å². The summed E-state index contributed by atoms with van der Waals surface area (Å²) in [5.41, 5.74) is 2.51. The van der Waals surface area contributed by atoms with Crippen molar-refractivity contribution in [1.29, 1.82) is 0 Å². The van der Waals surface area contributed by atoms with Crippen LogP contribution in [0.25, 0.3) is 11.0 Å². The maximum atomic E-state index is 13.1. The Balaban J connectivity index is 1.74. The molecule has 0 unspecified atom stereocenters. The van der Waals surface area contributed by atoms with Crippen LogP contribution in [0.4, 0.5) is 0 Å². The highest BCUT2D eigenvalue weighted by Crippen LogP contribution is 2.28. The van der Waals surface area contributed by atoms with Crippen molar-refractivity contribution in [2.75, 3.05) is 6.61 Å². The van der Waals surface area contributed by atoms with Crippen molar-refractivity contribution in [1.82, 2.24) is 14.7 Å². The summed E-state index contributed by atoms with van der Waals surface area (Å²) in [6, 6.07) is 9.30. The molecule has 4 rings (SSSR count). The maximum Gasteiger partial charge on any atom is 0.290 e. The van der Waals surface area contributed by atoms with Gasteiger partial charge in [0.15, 0.2) is 5.76 Å². The van der Waals surface area contributed by atoms with Gasteiger partial charge in [0.2, 0.25) is 0 Å². The lowest BCUT2D eigenvalue weighted by Crippen LogP contribution is -2.41. The third-order valence-electron chi connectivity index (χ3n) is 4.76. The number of hydrogen-bond acceptors (Lipinski definition) is 4. The standard InChI is InChI=1S/C18H19N3O3/c1-12-15-4-2-3-5-16(15)24-17(12)18(23)20-10-13-6-8-19-21(13)9-7-14(20)11-22/h2-6,8,14,22H,7,9-11H2,1H3/t14-/m1/s1. The first-order valence-corrected chi connectivity index (χ1v) is 8.09. The van der Waals surface area contributed by atoms with Gasteiger partial charge in [-0.15, -0.1) is 0 Å². The van der Waals surface area contributed by atoms with Crippen LogP contribution in [0.3, 0.4) is 0 Å². The van der Waals surface area contributed by atoms with E-state index in [2.05, 4.69) is 5.10 Å². The van der Waals surface area contributed by atoms with E-state index in [1.54, 1.807) is 11.1 Å². The third-order valence-corrected chi connectivity index (χ3v) is 4.76. The van der Waals surface area contributed by atoms with Gasteiger partial charge < -0.3 is 14.4 Å². The molecule has 3 aromatic rings. The van der Waals surface area contributed by atoms with E-state index >= 15 is 0 Å². The van der Waals surface area contributed by atoms with Gasteiger partial charge in [0.25, 0.3) is 5.91 Å². The lowest BCUT2D eigenvalue weighted by Gasteiger charge is -2.27. The number of rotatable bonds is 2. The van der Waals surface area contributed by atoms with E-state index in [4.69, 9.17) is 4.42 Å². The van der Waals surface area contributed by atoms with Crippen molar-refractivity contribution in [2.45, 2.75) is 32.5 Å². The van der Waals surface area contributed by atoms with E-state index in [0.717, 1.165) is 16.6 Å². The van der Waals surface area contributed by atoms with E-state index in [1.807, 2.05) is 41.9 Å². The molecule has 0 saturated heterocycles. The molecule has 0 bridgehead atoms. The minimum absolute atomic E-state index is 0.0736. The number of aryl methyl sites for hydroxylation is 2. The Morgan fingerprint density at radius 3 is 3.00 bits per heavy atom. The molecule has 6 nitrogen and oxygen atoms in total. The first-order valence-electron chi connectivity index (χ1n) is 8.09. The number of aromatic nitrogens is 2. The topological polar surface area (TPSA) is 71.5 Å². The van der Waals surface area contributed by atoms with Gasteiger partial charge in [-0.1, -0.05) is 18.2 Å². The van der Waals surface area contributed by atoms with Gasteiger partial charge in [-0.05, 0) is 25.5 Å². The van der Waals surface area contributed by atoms with E-state index < -0.39 is 0 Å². The molecule has 0 radical (unpaired) electrons. The molecule has 124 valence electrons. The Bertz CT molecular complexity index is 896. The van der Waals surface area contributed by atoms with Crippen molar-refractivity contribution < 1.29 is 14.3 Å². The number of benzene rings is 1. The lowest BCUT2D eigenvalue weighted by atomic mass is 10.1. The molecule has 1 aliphatic rings. The van der Waals surface area contributed by atoms with Crippen LogP contribution in [0, 0.1) is 6.92 Å². The lowest BCUT2D eigenvalue weighted by molar-refractivity contribution is 0.0538. The molecule has 24 heavy (non-hydrogen) atoms. The number of aliphatic hydroxyl groups excluding tert-OH is 1. The summed E-state index contributed by atoms with van der Waals surface area (Å²) >= 11 is 0. The first kappa shape index (κ1) is 15.0. The Morgan fingerprint density at radius 2 is 2.21 bits per heavy atom. The Kier molecular flexibility index (Phi) is 3.61. The molecule has 1 N–H and O–H groups in total. The van der Waals surface area contributed by atoms with Crippen molar-refractivity contribution >= 4 is 16.9 Å². The fourth-order valence-corrected chi connectivity index (χ4v) is 3.36. The molecular weight excluding hydrogens is 306 g/mol. The van der Waals surface area contributed by atoms with Gasteiger partial charge >= 0.3 is 0 Å². The highest BCUT2D eigenvalue weighted by molar-refractivity contribution is 5.99. The number of carbonyl (C=O) groups is 1. The highest BCUT2D eigenvalue weighted by Gasteiger charge is 2.31. The minimum Gasteiger partial charge on any atom is -0.451 e. The summed E-state index contributed by atoms with van der Waals surface area (Å²) in [4.78, 5) is 14.8. The van der Waals surface area contributed by atoms with Crippen LogP contribution in [0.1, 0.15) is 28.2 Å². The van der Waals surface area contributed by atoms with Crippen LogP contribution in [0.2, 0.25) is 0 Å². The van der Waals surface area contributed by atoms with Gasteiger partial charge in [-0.25, -0.2) is 0 Å². The molecule has 0 spiro atoms. The predicted molar refractivity (Wildman–Crippen MR) is 88.5 cm³/mol. The Morgan fingerprint density at radius 1 is 1.38 bits per heavy atom. The quantitative estimate of drug-likeness (QED) is 0.785. The van der Waals surface area contributed by atoms with Crippen LogP contribution in [0.5, 0.6) is 0 Å². The monoisotopic (exact) mass is 325 g/mol. The van der Waals surface area contributed by atoms with Gasteiger partial charge in [0, 0.05) is 23.7 Å². The van der Waals surface area contributed by atoms with Crippen LogP contribution in [-0.2, 0) is 13.1 Å². The number of hydrogen-bond donors (Lipinski definition) is 1. The highest BCUT2D eigenvalue weighted by atomic mass is 16.3. The van der Waals surface area contributed by atoms with Gasteiger partial charge in [-0.2, -0.15) is 5.10 Å². The minimum atomic E-state index is -0.244. The summed E-state index contributed by atoms with van der Waals surface area (Å²) < 4.78 is 7.71. The summed E-state index contributed by atoms with van der Waals surface area (Å²) in [7, 11) is 0. The molecule has 1 aromatic carbocycles. The van der Waals surface area contributed by atoms with Crippen LogP contribution in [0.15, 0.2) is 40.9 Å². The number of para-hydroxylation sites is 1. The van der Waals surface area contributed by atoms with Gasteiger partial charge in [0.05, 0.1) is 24.9 Å². The summed E-state index contributed by atoms with van der Waals surface area (Å²) in [6.07, 6.45) is 2.40. The molecule has 2 aromatic heterocycles. The average molecular weight is 325 g/mol. The normalized spacial score (nSPS) is 17.8. The number of fused-ring (bicyclic) bond motifs is 2. The average Bonchev–Trinajstić information content (AvgIpc) is 3.14. The number of aliphatic hydroxyl groups is 1.